The van der Waals surface area contributed by atoms with Crippen LogP contribution in [0.15, 0.2) is 28.8 Å². The summed E-state index contributed by atoms with van der Waals surface area (Å²) in [6, 6.07) is 8.01. The number of rotatable bonds is 6. The van der Waals surface area contributed by atoms with E-state index < -0.39 is 0 Å². The molecule has 0 bridgehead atoms. The van der Waals surface area contributed by atoms with Gasteiger partial charge in [0.05, 0.1) is 0 Å². The number of aromatic nitrogens is 2. The summed E-state index contributed by atoms with van der Waals surface area (Å²) in [4.78, 5) is 6.64. The first kappa shape index (κ1) is 15.7. The van der Waals surface area contributed by atoms with Crippen LogP contribution >= 0.6 is 0 Å². The highest BCUT2D eigenvalue weighted by Crippen LogP contribution is 2.20. The van der Waals surface area contributed by atoms with Crippen molar-refractivity contribution in [3.05, 3.63) is 41.5 Å². The van der Waals surface area contributed by atoms with Crippen molar-refractivity contribution in [2.45, 2.75) is 26.2 Å². The molecular weight excluding hydrogens is 290 g/mol. The molecule has 1 aromatic heterocycles. The van der Waals surface area contributed by atoms with Crippen molar-refractivity contribution in [3.63, 3.8) is 0 Å². The number of benzene rings is 1. The fraction of sp³-hybridized carbons (Fsp3) is 0.444. The average molecular weight is 313 g/mol. The van der Waals surface area contributed by atoms with Gasteiger partial charge < -0.3 is 9.26 Å². The van der Waals surface area contributed by atoms with E-state index in [9.17, 15) is 0 Å². The largest absolute Gasteiger partial charge is 0.492 e. The fourth-order valence-corrected chi connectivity index (χ4v) is 2.76. The minimum Gasteiger partial charge on any atom is -0.492 e. The van der Waals surface area contributed by atoms with E-state index in [0.717, 1.165) is 17.9 Å². The molecule has 2 aromatic rings. The van der Waals surface area contributed by atoms with E-state index >= 15 is 0 Å². The van der Waals surface area contributed by atoms with Crippen molar-refractivity contribution in [2.24, 2.45) is 0 Å². The molecule has 23 heavy (non-hydrogen) atoms. The van der Waals surface area contributed by atoms with Gasteiger partial charge in [-0.25, -0.2) is 0 Å². The van der Waals surface area contributed by atoms with Crippen molar-refractivity contribution in [1.29, 1.82) is 0 Å². The molecule has 0 atom stereocenters. The molecule has 1 aliphatic rings. The van der Waals surface area contributed by atoms with Gasteiger partial charge in [-0.15, -0.1) is 0 Å². The van der Waals surface area contributed by atoms with Crippen molar-refractivity contribution in [1.82, 2.24) is 15.0 Å². The predicted molar refractivity (Wildman–Crippen MR) is 90.2 cm³/mol. The van der Waals surface area contributed by atoms with Crippen molar-refractivity contribution in [3.8, 4) is 5.75 Å². The lowest BCUT2D eigenvalue weighted by Crippen LogP contribution is -2.33. The maximum atomic E-state index is 5.97. The molecule has 0 N–H and O–H groups in total. The molecule has 0 radical (unpaired) electrons. The van der Waals surface area contributed by atoms with Gasteiger partial charge in [-0.1, -0.05) is 29.8 Å². The minimum absolute atomic E-state index is 0.505. The van der Waals surface area contributed by atoms with Crippen LogP contribution in [0.2, 0.25) is 0 Å². The standard InChI is InChI=1S/C18H23N3O2/c1-15-19-18(23-20-15)10-9-16-7-3-4-8-17(16)22-14-13-21-11-5-2-6-12-21/h3-4,7-10H,2,5-6,11-14H2,1H3/b10-9+. The van der Waals surface area contributed by atoms with E-state index in [0.29, 0.717) is 18.3 Å². The second-order valence-electron chi connectivity index (χ2n) is 5.80. The molecule has 0 amide bonds. The van der Waals surface area contributed by atoms with Crippen LogP contribution in [0.4, 0.5) is 0 Å². The van der Waals surface area contributed by atoms with Gasteiger partial charge in [0.25, 0.3) is 5.89 Å². The predicted octanol–water partition coefficient (Wildman–Crippen LogP) is 3.41. The van der Waals surface area contributed by atoms with Gasteiger partial charge >= 0.3 is 0 Å². The van der Waals surface area contributed by atoms with Crippen LogP contribution in [0.5, 0.6) is 5.75 Å². The molecule has 1 fully saturated rings. The number of likely N-dealkylation sites (tertiary alicyclic amines) is 1. The molecule has 122 valence electrons. The Morgan fingerprint density at radius 2 is 2.00 bits per heavy atom. The summed E-state index contributed by atoms with van der Waals surface area (Å²) >= 11 is 0. The van der Waals surface area contributed by atoms with Crippen LogP contribution in [0.25, 0.3) is 12.2 Å². The van der Waals surface area contributed by atoms with Gasteiger partial charge in [0, 0.05) is 18.2 Å². The van der Waals surface area contributed by atoms with Gasteiger partial charge in [-0.2, -0.15) is 4.98 Å². The zero-order chi connectivity index (χ0) is 15.9. The van der Waals surface area contributed by atoms with Gasteiger partial charge in [0.15, 0.2) is 5.82 Å². The second kappa shape index (κ2) is 7.92. The van der Waals surface area contributed by atoms with Crippen molar-refractivity contribution < 1.29 is 9.26 Å². The summed E-state index contributed by atoms with van der Waals surface area (Å²) in [7, 11) is 0. The lowest BCUT2D eigenvalue weighted by Gasteiger charge is -2.26. The van der Waals surface area contributed by atoms with Crippen LogP contribution in [-0.2, 0) is 0 Å². The van der Waals surface area contributed by atoms with E-state index in [1.165, 1.54) is 32.4 Å². The molecule has 0 unspecified atom stereocenters. The highest BCUT2D eigenvalue weighted by molar-refractivity contribution is 5.69. The van der Waals surface area contributed by atoms with Gasteiger partial charge in [0.1, 0.15) is 12.4 Å². The number of hydrogen-bond acceptors (Lipinski definition) is 5. The molecule has 5 heteroatoms. The zero-order valence-corrected chi connectivity index (χ0v) is 13.6. The average Bonchev–Trinajstić information content (AvgIpc) is 3.00. The highest BCUT2D eigenvalue weighted by Gasteiger charge is 2.10. The number of hydrogen-bond donors (Lipinski definition) is 0. The Bertz CT molecular complexity index is 645. The third kappa shape index (κ3) is 4.66. The zero-order valence-electron chi connectivity index (χ0n) is 13.6. The number of ether oxygens (including phenoxy) is 1. The Morgan fingerprint density at radius 1 is 1.17 bits per heavy atom. The molecule has 3 rings (SSSR count). The molecule has 1 aromatic carbocycles. The number of piperidine rings is 1. The van der Waals surface area contributed by atoms with Gasteiger partial charge in [-0.05, 0) is 45.0 Å². The molecule has 1 aliphatic heterocycles. The highest BCUT2D eigenvalue weighted by atomic mass is 16.5. The first-order valence-corrected chi connectivity index (χ1v) is 8.24. The first-order valence-electron chi connectivity index (χ1n) is 8.24. The topological polar surface area (TPSA) is 51.4 Å². The molecule has 0 aliphatic carbocycles. The van der Waals surface area contributed by atoms with E-state index in [1.807, 2.05) is 36.4 Å². The quantitative estimate of drug-likeness (QED) is 0.818. The third-order valence-corrected chi connectivity index (χ3v) is 3.98. The van der Waals surface area contributed by atoms with Gasteiger partial charge in [-0.3, -0.25) is 4.90 Å². The van der Waals surface area contributed by atoms with Crippen molar-refractivity contribution in [2.75, 3.05) is 26.2 Å². The minimum atomic E-state index is 0.505. The first-order chi connectivity index (χ1) is 11.3. The molecular formula is C18H23N3O2. The lowest BCUT2D eigenvalue weighted by atomic mass is 10.1. The van der Waals surface area contributed by atoms with Crippen LogP contribution < -0.4 is 4.74 Å². The normalized spacial score (nSPS) is 16.0. The SMILES string of the molecule is Cc1noc(/C=C/c2ccccc2OCCN2CCCCC2)n1. The van der Waals surface area contributed by atoms with E-state index in [-0.39, 0.29) is 0 Å². The summed E-state index contributed by atoms with van der Waals surface area (Å²) < 4.78 is 11.1. The Balaban J connectivity index is 1.57. The van der Waals surface area contributed by atoms with Crippen molar-refractivity contribution >= 4 is 12.2 Å². The van der Waals surface area contributed by atoms with Crippen LogP contribution in [0.1, 0.15) is 36.5 Å². The molecule has 1 saturated heterocycles. The van der Waals surface area contributed by atoms with E-state index in [1.54, 1.807) is 6.92 Å². The second-order valence-corrected chi connectivity index (χ2v) is 5.80. The summed E-state index contributed by atoms with van der Waals surface area (Å²) in [6.07, 6.45) is 7.74. The Labute approximate surface area is 137 Å². The molecule has 5 nitrogen and oxygen atoms in total. The van der Waals surface area contributed by atoms with Gasteiger partial charge in [0.2, 0.25) is 0 Å². The fourth-order valence-electron chi connectivity index (χ4n) is 2.76. The summed E-state index contributed by atoms with van der Waals surface area (Å²) in [5.41, 5.74) is 1.02. The third-order valence-electron chi connectivity index (χ3n) is 3.98. The van der Waals surface area contributed by atoms with Crippen LogP contribution in [0.3, 0.4) is 0 Å². The Morgan fingerprint density at radius 3 is 2.78 bits per heavy atom. The maximum Gasteiger partial charge on any atom is 0.250 e. The number of nitrogens with zero attached hydrogens (tertiary/aromatic N) is 3. The van der Waals surface area contributed by atoms with Crippen LogP contribution in [-0.4, -0.2) is 41.3 Å². The maximum absolute atomic E-state index is 5.97. The molecule has 2 heterocycles. The lowest BCUT2D eigenvalue weighted by molar-refractivity contribution is 0.183. The molecule has 0 spiro atoms. The smallest absolute Gasteiger partial charge is 0.250 e. The number of para-hydroxylation sites is 1. The Kier molecular flexibility index (Phi) is 5.42. The van der Waals surface area contributed by atoms with Crippen LogP contribution in [0, 0.1) is 6.92 Å². The monoisotopic (exact) mass is 313 g/mol. The summed E-state index contributed by atoms with van der Waals surface area (Å²) in [5.74, 6) is 2.03. The summed E-state index contributed by atoms with van der Waals surface area (Å²) in [5, 5.41) is 3.78. The number of aryl methyl sites for hydroxylation is 1. The Hall–Kier alpha value is -2.14. The van der Waals surface area contributed by atoms with E-state index in [2.05, 4.69) is 15.0 Å². The summed E-state index contributed by atoms with van der Waals surface area (Å²) in [6.45, 7) is 5.90. The molecule has 0 saturated carbocycles. The van der Waals surface area contributed by atoms with E-state index in [4.69, 9.17) is 9.26 Å².